The third-order valence-corrected chi connectivity index (χ3v) is 5.96. The molecule has 0 amide bonds. The van der Waals surface area contributed by atoms with E-state index in [1.807, 2.05) is 12.1 Å². The van der Waals surface area contributed by atoms with Gasteiger partial charge in [-0.25, -0.2) is 12.7 Å². The van der Waals surface area contributed by atoms with E-state index in [1.54, 1.807) is 19.4 Å². The van der Waals surface area contributed by atoms with E-state index in [4.69, 9.17) is 0 Å². The van der Waals surface area contributed by atoms with Crippen LogP contribution in [0.2, 0.25) is 0 Å². The summed E-state index contributed by atoms with van der Waals surface area (Å²) in [5.74, 6) is 0.234. The summed E-state index contributed by atoms with van der Waals surface area (Å²) in [5, 5.41) is 3.40. The van der Waals surface area contributed by atoms with E-state index in [0.29, 0.717) is 19.0 Å². The number of aromatic nitrogens is 1. The molecule has 1 aromatic rings. The van der Waals surface area contributed by atoms with E-state index in [-0.39, 0.29) is 5.75 Å². The van der Waals surface area contributed by atoms with Crippen LogP contribution >= 0.6 is 0 Å². The van der Waals surface area contributed by atoms with Crippen LogP contribution in [0.1, 0.15) is 31.2 Å². The molecule has 0 saturated carbocycles. The van der Waals surface area contributed by atoms with Gasteiger partial charge in [-0.1, -0.05) is 6.42 Å². The highest BCUT2D eigenvalue weighted by Crippen LogP contribution is 2.12. The molecule has 0 aromatic carbocycles. The van der Waals surface area contributed by atoms with Gasteiger partial charge in [-0.05, 0) is 49.9 Å². The molecule has 5 nitrogen and oxygen atoms in total. The van der Waals surface area contributed by atoms with Crippen LogP contribution in [0.25, 0.3) is 0 Å². The number of nitrogens with zero attached hydrogens (tertiary/aromatic N) is 2. The maximum Gasteiger partial charge on any atom is 0.213 e. The lowest BCUT2D eigenvalue weighted by Gasteiger charge is -2.24. The summed E-state index contributed by atoms with van der Waals surface area (Å²) in [5.41, 5.74) is 1.11. The molecule has 2 rings (SSSR count). The normalized spacial score (nSPS) is 19.8. The lowest BCUT2D eigenvalue weighted by molar-refractivity contribution is 0.388. The molecule has 0 bridgehead atoms. The molecule has 6 heteroatoms. The van der Waals surface area contributed by atoms with Crippen molar-refractivity contribution in [2.24, 2.45) is 0 Å². The Labute approximate surface area is 127 Å². The monoisotopic (exact) mass is 311 g/mol. The Kier molecular flexibility index (Phi) is 6.14. The molecule has 1 saturated heterocycles. The van der Waals surface area contributed by atoms with Crippen molar-refractivity contribution in [2.75, 3.05) is 25.9 Å². The van der Waals surface area contributed by atoms with Gasteiger partial charge in [0.1, 0.15) is 0 Å². The van der Waals surface area contributed by atoms with Gasteiger partial charge in [0.05, 0.1) is 5.75 Å². The predicted octanol–water partition coefficient (Wildman–Crippen LogP) is 1.42. The second-order valence-electron chi connectivity index (χ2n) is 5.68. The van der Waals surface area contributed by atoms with E-state index in [1.165, 1.54) is 17.1 Å². The van der Waals surface area contributed by atoms with Crippen LogP contribution in [0.15, 0.2) is 24.5 Å². The summed E-state index contributed by atoms with van der Waals surface area (Å²) < 4.78 is 26.0. The molecule has 1 aliphatic rings. The van der Waals surface area contributed by atoms with Crippen LogP contribution in [-0.4, -0.2) is 49.6 Å². The third kappa shape index (κ3) is 5.37. The van der Waals surface area contributed by atoms with Crippen LogP contribution in [0.3, 0.4) is 0 Å². The van der Waals surface area contributed by atoms with Gasteiger partial charge in [0, 0.05) is 32.0 Å². The van der Waals surface area contributed by atoms with Crippen molar-refractivity contribution in [3.63, 3.8) is 0 Å². The molecule has 1 aromatic heterocycles. The molecule has 1 atom stereocenters. The van der Waals surface area contributed by atoms with E-state index >= 15 is 0 Å². The lowest BCUT2D eigenvalue weighted by atomic mass is 10.0. The Balaban J connectivity index is 1.78. The number of likely N-dealkylation sites (N-methyl/N-ethyl adjacent to an activating group) is 1. The fourth-order valence-corrected chi connectivity index (χ4v) is 3.86. The fourth-order valence-electron chi connectivity index (χ4n) is 2.59. The molecular weight excluding hydrogens is 286 g/mol. The highest BCUT2D eigenvalue weighted by Gasteiger charge is 2.21. The molecule has 2 heterocycles. The summed E-state index contributed by atoms with van der Waals surface area (Å²) in [4.78, 5) is 3.96. The van der Waals surface area contributed by atoms with Gasteiger partial charge < -0.3 is 5.32 Å². The summed E-state index contributed by atoms with van der Waals surface area (Å²) in [6.45, 7) is 1.53. The van der Waals surface area contributed by atoms with Crippen molar-refractivity contribution in [3.8, 4) is 0 Å². The van der Waals surface area contributed by atoms with Gasteiger partial charge >= 0.3 is 0 Å². The number of hydrogen-bond acceptors (Lipinski definition) is 4. The average Bonchev–Trinajstić information content (AvgIpc) is 2.52. The zero-order valence-electron chi connectivity index (χ0n) is 12.7. The molecule has 21 heavy (non-hydrogen) atoms. The quantitative estimate of drug-likeness (QED) is 0.827. The Bertz CT molecular complexity index is 513. The standard InChI is InChI=1S/C15H25N3O2S/c1-18(12-7-14-5-10-16-11-6-14)21(19,20)13-8-15-4-2-3-9-17-15/h5-6,10-11,15,17H,2-4,7-9,12-13H2,1H3. The number of pyridine rings is 1. The van der Waals surface area contributed by atoms with Crippen molar-refractivity contribution < 1.29 is 8.42 Å². The van der Waals surface area contributed by atoms with Crippen molar-refractivity contribution in [1.82, 2.24) is 14.6 Å². The molecule has 118 valence electrons. The van der Waals surface area contributed by atoms with Crippen LogP contribution < -0.4 is 5.32 Å². The van der Waals surface area contributed by atoms with Gasteiger partial charge in [0.2, 0.25) is 10.0 Å². The molecule has 1 aliphatic heterocycles. The largest absolute Gasteiger partial charge is 0.314 e. The van der Waals surface area contributed by atoms with Crippen molar-refractivity contribution in [2.45, 2.75) is 38.1 Å². The Morgan fingerprint density at radius 3 is 2.76 bits per heavy atom. The minimum atomic E-state index is -3.15. The van der Waals surface area contributed by atoms with E-state index in [9.17, 15) is 8.42 Å². The van der Waals surface area contributed by atoms with Crippen LogP contribution in [-0.2, 0) is 16.4 Å². The van der Waals surface area contributed by atoms with Gasteiger partial charge in [-0.2, -0.15) is 0 Å². The summed E-state index contributed by atoms with van der Waals surface area (Å²) in [7, 11) is -1.48. The van der Waals surface area contributed by atoms with Crippen LogP contribution in [0, 0.1) is 0 Å². The predicted molar refractivity (Wildman–Crippen MR) is 84.6 cm³/mol. The maximum atomic E-state index is 12.3. The Hall–Kier alpha value is -0.980. The second kappa shape index (κ2) is 7.87. The highest BCUT2D eigenvalue weighted by molar-refractivity contribution is 7.89. The third-order valence-electron chi connectivity index (χ3n) is 4.08. The number of sulfonamides is 1. The SMILES string of the molecule is CN(CCc1ccncc1)S(=O)(=O)CCC1CCCCN1. The van der Waals surface area contributed by atoms with E-state index in [0.717, 1.165) is 24.9 Å². The topological polar surface area (TPSA) is 62.3 Å². The van der Waals surface area contributed by atoms with E-state index in [2.05, 4.69) is 10.3 Å². The number of piperidine rings is 1. The first-order valence-corrected chi connectivity index (χ1v) is 9.25. The highest BCUT2D eigenvalue weighted by atomic mass is 32.2. The van der Waals surface area contributed by atoms with Gasteiger partial charge in [0.15, 0.2) is 0 Å². The Morgan fingerprint density at radius 1 is 1.33 bits per heavy atom. The van der Waals surface area contributed by atoms with Gasteiger partial charge in [-0.3, -0.25) is 4.98 Å². The minimum absolute atomic E-state index is 0.234. The van der Waals surface area contributed by atoms with Crippen molar-refractivity contribution in [3.05, 3.63) is 30.1 Å². The second-order valence-corrected chi connectivity index (χ2v) is 7.87. The number of nitrogens with one attached hydrogen (secondary N) is 1. The van der Waals surface area contributed by atoms with E-state index < -0.39 is 10.0 Å². The zero-order chi connectivity index (χ0) is 15.1. The summed E-state index contributed by atoms with van der Waals surface area (Å²) in [6, 6.07) is 4.21. The minimum Gasteiger partial charge on any atom is -0.314 e. The molecule has 1 fully saturated rings. The Morgan fingerprint density at radius 2 is 2.10 bits per heavy atom. The maximum absolute atomic E-state index is 12.3. The van der Waals surface area contributed by atoms with Crippen LogP contribution in [0.5, 0.6) is 0 Å². The molecule has 1 N–H and O–H groups in total. The smallest absolute Gasteiger partial charge is 0.213 e. The molecule has 0 spiro atoms. The van der Waals surface area contributed by atoms with Crippen molar-refractivity contribution in [1.29, 1.82) is 0 Å². The molecular formula is C15H25N3O2S. The van der Waals surface area contributed by atoms with Crippen LogP contribution in [0.4, 0.5) is 0 Å². The van der Waals surface area contributed by atoms with Crippen molar-refractivity contribution >= 4 is 10.0 Å². The molecule has 0 aliphatic carbocycles. The summed E-state index contributed by atoms with van der Waals surface area (Å²) in [6.07, 6.45) is 8.40. The molecule has 1 unspecified atom stereocenters. The first-order valence-electron chi connectivity index (χ1n) is 7.64. The number of hydrogen-bond donors (Lipinski definition) is 1. The van der Waals surface area contributed by atoms with Gasteiger partial charge in [-0.15, -0.1) is 0 Å². The zero-order valence-corrected chi connectivity index (χ0v) is 13.5. The summed E-state index contributed by atoms with van der Waals surface area (Å²) >= 11 is 0. The fraction of sp³-hybridized carbons (Fsp3) is 0.667. The number of rotatable bonds is 7. The lowest BCUT2D eigenvalue weighted by Crippen LogP contribution is -2.38. The molecule has 0 radical (unpaired) electrons. The first-order chi connectivity index (χ1) is 10.1. The average molecular weight is 311 g/mol. The first kappa shape index (κ1) is 16.4. The van der Waals surface area contributed by atoms with Gasteiger partial charge in [0.25, 0.3) is 0 Å².